The molecule has 1 aromatic rings. The van der Waals surface area contributed by atoms with Crippen LogP contribution in [-0.2, 0) is 28.4 Å². The third-order valence-corrected chi connectivity index (χ3v) is 6.81. The summed E-state index contributed by atoms with van der Waals surface area (Å²) < 4.78 is 33.7. The van der Waals surface area contributed by atoms with Crippen LogP contribution in [0.1, 0.15) is 31.2 Å². The normalized spacial score (nSPS) is 25.5. The van der Waals surface area contributed by atoms with E-state index in [4.69, 9.17) is 4.74 Å². The Morgan fingerprint density at radius 1 is 1.33 bits per heavy atom. The molecule has 0 aromatic carbocycles. The highest BCUT2D eigenvalue weighted by Crippen LogP contribution is 2.43. The highest BCUT2D eigenvalue weighted by molar-refractivity contribution is 7.88. The highest BCUT2D eigenvalue weighted by Gasteiger charge is 2.51. The van der Waals surface area contributed by atoms with E-state index in [1.165, 1.54) is 11.8 Å². The maximum atomic E-state index is 12.4. The summed E-state index contributed by atoms with van der Waals surface area (Å²) in [5.41, 5.74) is 0.986. The molecule has 7 nitrogen and oxygen atoms in total. The van der Waals surface area contributed by atoms with E-state index in [0.717, 1.165) is 45.3 Å². The number of hydrogen-bond acceptors (Lipinski definition) is 5. The lowest BCUT2D eigenvalue weighted by Crippen LogP contribution is -2.56. The Hall–Kier alpha value is -0.960. The molecule has 1 spiro atoms. The summed E-state index contributed by atoms with van der Waals surface area (Å²) in [4.78, 5) is 2.40. The van der Waals surface area contributed by atoms with Crippen LogP contribution in [0, 0.1) is 0 Å². The fraction of sp³-hybridized carbons (Fsp3) is 0.812. The van der Waals surface area contributed by atoms with Crippen LogP contribution in [-0.4, -0.2) is 72.0 Å². The number of methoxy groups -OCH3 is 1. The molecule has 3 heterocycles. The Labute approximate surface area is 144 Å². The zero-order valence-electron chi connectivity index (χ0n) is 14.8. The zero-order chi connectivity index (χ0) is 17.4. The number of nitrogens with zero attached hydrogens (tertiary/aromatic N) is 4. The number of aromatic nitrogens is 2. The van der Waals surface area contributed by atoms with Crippen molar-refractivity contribution >= 4 is 10.0 Å². The third-order valence-electron chi connectivity index (χ3n) is 5.41. The standard InChI is InChI=1S/C16H28N4O3S/c1-18-11-14(10-17-18)12-19-8-6-16(7-9-19)5-4-15(13-23-2)20(16)24(3,21)22/h10-11,15H,4-9,12-13H2,1-3H3/t15-/m0/s1. The molecule has 0 bridgehead atoms. The van der Waals surface area contributed by atoms with E-state index in [9.17, 15) is 8.42 Å². The molecule has 0 radical (unpaired) electrons. The smallest absolute Gasteiger partial charge is 0.212 e. The van der Waals surface area contributed by atoms with E-state index in [-0.39, 0.29) is 11.6 Å². The minimum atomic E-state index is -3.23. The van der Waals surface area contributed by atoms with Crippen LogP contribution in [0.3, 0.4) is 0 Å². The van der Waals surface area contributed by atoms with Crippen molar-refractivity contribution in [2.45, 2.75) is 43.8 Å². The molecule has 0 amide bonds. The Morgan fingerprint density at radius 3 is 2.58 bits per heavy atom. The van der Waals surface area contributed by atoms with E-state index in [2.05, 4.69) is 10.00 Å². The van der Waals surface area contributed by atoms with E-state index < -0.39 is 10.0 Å². The molecular weight excluding hydrogens is 328 g/mol. The molecule has 1 aromatic heterocycles. The van der Waals surface area contributed by atoms with E-state index in [0.29, 0.717) is 6.61 Å². The molecule has 0 unspecified atom stereocenters. The first kappa shape index (κ1) is 17.8. The van der Waals surface area contributed by atoms with Crippen molar-refractivity contribution in [3.8, 4) is 0 Å². The number of aryl methyl sites for hydroxylation is 1. The topological polar surface area (TPSA) is 67.7 Å². The molecule has 136 valence electrons. The second-order valence-electron chi connectivity index (χ2n) is 7.23. The molecule has 3 rings (SSSR count). The van der Waals surface area contributed by atoms with Crippen LogP contribution in [0.4, 0.5) is 0 Å². The zero-order valence-corrected chi connectivity index (χ0v) is 15.6. The first-order chi connectivity index (χ1) is 11.3. The number of piperidine rings is 1. The first-order valence-electron chi connectivity index (χ1n) is 8.52. The van der Waals surface area contributed by atoms with Crippen molar-refractivity contribution in [2.24, 2.45) is 7.05 Å². The molecule has 2 fully saturated rings. The van der Waals surface area contributed by atoms with Crippen LogP contribution < -0.4 is 0 Å². The van der Waals surface area contributed by atoms with Crippen LogP contribution in [0.15, 0.2) is 12.4 Å². The Morgan fingerprint density at radius 2 is 2.04 bits per heavy atom. The van der Waals surface area contributed by atoms with E-state index in [1.54, 1.807) is 11.4 Å². The molecule has 2 aliphatic rings. The van der Waals surface area contributed by atoms with Crippen molar-refractivity contribution < 1.29 is 13.2 Å². The molecule has 2 aliphatic heterocycles. The van der Waals surface area contributed by atoms with Gasteiger partial charge in [0, 0.05) is 57.1 Å². The second kappa shape index (κ2) is 6.74. The fourth-order valence-electron chi connectivity index (χ4n) is 4.43. The van der Waals surface area contributed by atoms with Crippen LogP contribution >= 0.6 is 0 Å². The lowest BCUT2D eigenvalue weighted by atomic mass is 9.86. The molecule has 1 atom stereocenters. The van der Waals surface area contributed by atoms with Gasteiger partial charge in [0.1, 0.15) is 0 Å². The molecule has 0 aliphatic carbocycles. The van der Waals surface area contributed by atoms with Crippen molar-refractivity contribution in [3.63, 3.8) is 0 Å². The average molecular weight is 356 g/mol. The number of sulfonamides is 1. The van der Waals surface area contributed by atoms with Crippen molar-refractivity contribution in [2.75, 3.05) is 33.1 Å². The summed E-state index contributed by atoms with van der Waals surface area (Å²) in [6, 6.07) is -0.0186. The molecule has 24 heavy (non-hydrogen) atoms. The van der Waals surface area contributed by atoms with Gasteiger partial charge in [0.2, 0.25) is 10.0 Å². The monoisotopic (exact) mass is 356 g/mol. The largest absolute Gasteiger partial charge is 0.383 e. The molecule has 0 saturated carbocycles. The molecule has 0 N–H and O–H groups in total. The second-order valence-corrected chi connectivity index (χ2v) is 9.09. The minimum absolute atomic E-state index is 0.0186. The minimum Gasteiger partial charge on any atom is -0.383 e. The van der Waals surface area contributed by atoms with Gasteiger partial charge >= 0.3 is 0 Å². The third kappa shape index (κ3) is 3.51. The van der Waals surface area contributed by atoms with Gasteiger partial charge in [-0.3, -0.25) is 9.58 Å². The quantitative estimate of drug-likeness (QED) is 0.782. The molecule has 2 saturated heterocycles. The van der Waals surface area contributed by atoms with Gasteiger partial charge in [-0.15, -0.1) is 0 Å². The van der Waals surface area contributed by atoms with Gasteiger partial charge in [-0.2, -0.15) is 9.40 Å². The number of likely N-dealkylation sites (tertiary alicyclic amines) is 1. The lowest BCUT2D eigenvalue weighted by Gasteiger charge is -2.45. The number of ether oxygens (including phenoxy) is 1. The van der Waals surface area contributed by atoms with Gasteiger partial charge in [0.25, 0.3) is 0 Å². The van der Waals surface area contributed by atoms with Crippen molar-refractivity contribution in [1.29, 1.82) is 0 Å². The maximum Gasteiger partial charge on any atom is 0.212 e. The van der Waals surface area contributed by atoms with E-state index in [1.807, 2.05) is 24.1 Å². The van der Waals surface area contributed by atoms with Gasteiger partial charge in [-0.25, -0.2) is 8.42 Å². The maximum absolute atomic E-state index is 12.4. The molecule has 8 heteroatoms. The Kier molecular flexibility index (Phi) is 5.01. The fourth-order valence-corrected chi connectivity index (χ4v) is 6.11. The van der Waals surface area contributed by atoms with Crippen LogP contribution in [0.25, 0.3) is 0 Å². The number of rotatable bonds is 5. The van der Waals surface area contributed by atoms with Crippen molar-refractivity contribution in [1.82, 2.24) is 19.0 Å². The average Bonchev–Trinajstić information content (AvgIpc) is 3.06. The lowest BCUT2D eigenvalue weighted by molar-refractivity contribution is 0.0658. The Bertz CT molecular complexity index is 665. The van der Waals surface area contributed by atoms with Gasteiger partial charge < -0.3 is 4.74 Å². The highest BCUT2D eigenvalue weighted by atomic mass is 32.2. The van der Waals surface area contributed by atoms with Gasteiger partial charge in [-0.1, -0.05) is 0 Å². The summed E-state index contributed by atoms with van der Waals surface area (Å²) in [6.45, 7) is 3.19. The summed E-state index contributed by atoms with van der Waals surface area (Å²) >= 11 is 0. The van der Waals surface area contributed by atoms with Gasteiger partial charge in [0.05, 0.1) is 19.1 Å². The predicted octanol–water partition coefficient (Wildman–Crippen LogP) is 0.825. The summed E-state index contributed by atoms with van der Waals surface area (Å²) in [5, 5.41) is 4.22. The SMILES string of the molecule is COC[C@@H]1CCC2(CCN(Cc3cnn(C)c3)CC2)N1S(C)(=O)=O. The van der Waals surface area contributed by atoms with Crippen LogP contribution in [0.5, 0.6) is 0 Å². The van der Waals surface area contributed by atoms with Crippen LogP contribution in [0.2, 0.25) is 0 Å². The summed E-state index contributed by atoms with van der Waals surface area (Å²) in [5.74, 6) is 0. The predicted molar refractivity (Wildman–Crippen MR) is 92.0 cm³/mol. The van der Waals surface area contributed by atoms with E-state index >= 15 is 0 Å². The summed E-state index contributed by atoms with van der Waals surface area (Å²) in [6.07, 6.45) is 8.89. The summed E-state index contributed by atoms with van der Waals surface area (Å²) in [7, 11) is 0.331. The van der Waals surface area contributed by atoms with Crippen molar-refractivity contribution in [3.05, 3.63) is 18.0 Å². The number of hydrogen-bond donors (Lipinski definition) is 0. The van der Waals surface area contributed by atoms with Gasteiger partial charge in [-0.05, 0) is 25.7 Å². The Balaban J connectivity index is 1.69. The molecular formula is C16H28N4O3S. The van der Waals surface area contributed by atoms with Gasteiger partial charge in [0.15, 0.2) is 0 Å². The first-order valence-corrected chi connectivity index (χ1v) is 10.4.